The fraction of sp³-hybridized carbons (Fsp3) is 0.0714. The number of aromatic hydroxyl groups is 1. The number of nitrogen functional groups attached to an aromatic ring is 1. The predicted molar refractivity (Wildman–Crippen MR) is 72.9 cm³/mol. The molecule has 0 spiro atoms. The zero-order chi connectivity index (χ0) is 13.9. The highest BCUT2D eigenvalue weighted by molar-refractivity contribution is 5.63. The highest BCUT2D eigenvalue weighted by Crippen LogP contribution is 2.26. The number of hydrogen-bond acceptors (Lipinski definition) is 6. The number of phenols is 1. The minimum absolute atomic E-state index is 0.00743. The van der Waals surface area contributed by atoms with Gasteiger partial charge in [-0.15, -0.1) is 0 Å². The van der Waals surface area contributed by atoms with E-state index in [-0.39, 0.29) is 5.75 Å². The molecule has 2 heterocycles. The predicted octanol–water partition coefficient (Wildman–Crippen LogP) is 2.01. The fourth-order valence-corrected chi connectivity index (χ4v) is 1.78. The zero-order valence-electron chi connectivity index (χ0n) is 10.5. The molecule has 0 amide bonds. The van der Waals surface area contributed by atoms with Gasteiger partial charge in [-0.25, -0.2) is 0 Å². The van der Waals surface area contributed by atoms with E-state index in [1.165, 1.54) is 6.07 Å². The van der Waals surface area contributed by atoms with E-state index in [0.29, 0.717) is 29.4 Å². The van der Waals surface area contributed by atoms with Crippen molar-refractivity contribution in [2.45, 2.75) is 6.42 Å². The van der Waals surface area contributed by atoms with Crippen LogP contribution in [-0.2, 0) is 6.42 Å². The van der Waals surface area contributed by atoms with E-state index in [4.69, 9.17) is 10.3 Å². The lowest BCUT2D eigenvalue weighted by atomic mass is 10.2. The maximum absolute atomic E-state index is 9.58. The van der Waals surface area contributed by atoms with Gasteiger partial charge >= 0.3 is 0 Å². The van der Waals surface area contributed by atoms with Crippen LogP contribution in [0.1, 0.15) is 11.5 Å². The van der Waals surface area contributed by atoms with Gasteiger partial charge in [0.15, 0.2) is 5.82 Å². The van der Waals surface area contributed by atoms with E-state index >= 15 is 0 Å². The number of nitrogens with two attached hydrogens (primary N) is 1. The Bertz CT molecular complexity index is 725. The highest BCUT2D eigenvalue weighted by atomic mass is 16.5. The summed E-state index contributed by atoms with van der Waals surface area (Å²) in [5.41, 5.74) is 7.34. The van der Waals surface area contributed by atoms with Gasteiger partial charge in [0.1, 0.15) is 5.75 Å². The summed E-state index contributed by atoms with van der Waals surface area (Å²) < 4.78 is 5.18. The molecule has 6 nitrogen and oxygen atoms in total. The van der Waals surface area contributed by atoms with Crippen LogP contribution in [0.5, 0.6) is 5.75 Å². The Morgan fingerprint density at radius 2 is 2.10 bits per heavy atom. The number of pyridine rings is 1. The van der Waals surface area contributed by atoms with Gasteiger partial charge in [-0.05, 0) is 30.3 Å². The summed E-state index contributed by atoms with van der Waals surface area (Å²) in [7, 11) is 0. The van der Waals surface area contributed by atoms with Crippen molar-refractivity contribution in [2.75, 3.05) is 5.73 Å². The molecule has 2 aromatic heterocycles. The molecule has 1 aromatic carbocycles. The van der Waals surface area contributed by atoms with Gasteiger partial charge in [-0.3, -0.25) is 4.98 Å². The first-order valence-electron chi connectivity index (χ1n) is 6.04. The van der Waals surface area contributed by atoms with Crippen LogP contribution in [0.25, 0.3) is 11.5 Å². The third-order valence-electron chi connectivity index (χ3n) is 2.81. The number of benzene rings is 1. The normalized spacial score (nSPS) is 10.6. The summed E-state index contributed by atoms with van der Waals surface area (Å²) in [5.74, 6) is 0.869. The van der Waals surface area contributed by atoms with Gasteiger partial charge in [0, 0.05) is 17.5 Å². The van der Waals surface area contributed by atoms with Gasteiger partial charge < -0.3 is 15.4 Å². The third kappa shape index (κ3) is 2.44. The Hall–Kier alpha value is -2.89. The van der Waals surface area contributed by atoms with Crippen LogP contribution in [-0.4, -0.2) is 20.2 Å². The smallest absolute Gasteiger partial charge is 0.258 e. The molecule has 0 radical (unpaired) electrons. The molecule has 0 saturated heterocycles. The number of hydrogen-bond donors (Lipinski definition) is 2. The summed E-state index contributed by atoms with van der Waals surface area (Å²) in [5, 5.41) is 13.5. The van der Waals surface area contributed by atoms with Crippen molar-refractivity contribution in [3.63, 3.8) is 0 Å². The maximum atomic E-state index is 9.58. The molecule has 0 atom stereocenters. The molecule has 0 aliphatic heterocycles. The summed E-state index contributed by atoms with van der Waals surface area (Å²) >= 11 is 0. The highest BCUT2D eigenvalue weighted by Gasteiger charge is 2.11. The minimum Gasteiger partial charge on any atom is -0.506 e. The van der Waals surface area contributed by atoms with Crippen LogP contribution in [0, 0.1) is 0 Å². The SMILES string of the molecule is Nc1ccc(-c2nc(Cc3ccccn3)no2)cc1O. The first-order valence-corrected chi connectivity index (χ1v) is 6.04. The number of phenolic OH excluding ortho intramolecular Hbond substituents is 1. The van der Waals surface area contributed by atoms with Crippen LogP contribution in [0.15, 0.2) is 47.1 Å². The second-order valence-corrected chi connectivity index (χ2v) is 4.29. The van der Waals surface area contributed by atoms with E-state index in [0.717, 1.165) is 5.69 Å². The number of nitrogens with zero attached hydrogens (tertiary/aromatic N) is 3. The fourth-order valence-electron chi connectivity index (χ4n) is 1.78. The zero-order valence-corrected chi connectivity index (χ0v) is 10.5. The van der Waals surface area contributed by atoms with Crippen molar-refractivity contribution in [2.24, 2.45) is 0 Å². The average Bonchev–Trinajstić information content (AvgIpc) is 2.91. The molecule has 0 bridgehead atoms. The third-order valence-corrected chi connectivity index (χ3v) is 2.81. The van der Waals surface area contributed by atoms with E-state index in [1.807, 2.05) is 18.2 Å². The van der Waals surface area contributed by atoms with E-state index in [9.17, 15) is 5.11 Å². The van der Waals surface area contributed by atoms with Crippen LogP contribution < -0.4 is 5.73 Å². The van der Waals surface area contributed by atoms with Gasteiger partial charge in [-0.2, -0.15) is 4.98 Å². The molecule has 3 aromatic rings. The monoisotopic (exact) mass is 268 g/mol. The molecule has 0 aliphatic carbocycles. The molecule has 0 aliphatic rings. The van der Waals surface area contributed by atoms with Gasteiger partial charge in [0.25, 0.3) is 5.89 Å². The van der Waals surface area contributed by atoms with Gasteiger partial charge in [0.2, 0.25) is 0 Å². The Labute approximate surface area is 114 Å². The lowest BCUT2D eigenvalue weighted by Crippen LogP contribution is -1.93. The molecule has 0 fully saturated rings. The average molecular weight is 268 g/mol. The van der Waals surface area contributed by atoms with Crippen molar-refractivity contribution in [3.05, 3.63) is 54.1 Å². The minimum atomic E-state index is -0.00743. The van der Waals surface area contributed by atoms with Crippen molar-refractivity contribution in [1.29, 1.82) is 0 Å². The van der Waals surface area contributed by atoms with Crippen LogP contribution in [0.3, 0.4) is 0 Å². The largest absolute Gasteiger partial charge is 0.506 e. The summed E-state index contributed by atoms with van der Waals surface area (Å²) in [6.45, 7) is 0. The summed E-state index contributed by atoms with van der Waals surface area (Å²) in [4.78, 5) is 8.48. The summed E-state index contributed by atoms with van der Waals surface area (Å²) in [6.07, 6.45) is 2.21. The molecule has 20 heavy (non-hydrogen) atoms. The summed E-state index contributed by atoms with van der Waals surface area (Å²) in [6, 6.07) is 10.4. The Morgan fingerprint density at radius 1 is 1.20 bits per heavy atom. The van der Waals surface area contributed by atoms with Crippen LogP contribution >= 0.6 is 0 Å². The van der Waals surface area contributed by atoms with Crippen LogP contribution in [0.4, 0.5) is 5.69 Å². The Balaban J connectivity index is 1.84. The van der Waals surface area contributed by atoms with Crippen molar-refractivity contribution in [3.8, 4) is 17.2 Å². The topological polar surface area (TPSA) is 98.1 Å². The molecule has 3 rings (SSSR count). The Kier molecular flexibility index (Phi) is 3.04. The Morgan fingerprint density at radius 3 is 2.85 bits per heavy atom. The standard InChI is InChI=1S/C14H12N4O2/c15-11-5-4-9(7-12(11)19)14-17-13(18-20-14)8-10-3-1-2-6-16-10/h1-7,19H,8,15H2. The lowest BCUT2D eigenvalue weighted by molar-refractivity contribution is 0.423. The molecule has 6 heteroatoms. The first kappa shape index (κ1) is 12.2. The molecular formula is C14H12N4O2. The number of anilines is 1. The van der Waals surface area contributed by atoms with E-state index in [2.05, 4.69) is 15.1 Å². The first-order chi connectivity index (χ1) is 9.72. The van der Waals surface area contributed by atoms with Crippen LogP contribution in [0.2, 0.25) is 0 Å². The van der Waals surface area contributed by atoms with E-state index < -0.39 is 0 Å². The second kappa shape index (κ2) is 5.00. The molecule has 0 saturated carbocycles. The molecule has 0 unspecified atom stereocenters. The maximum Gasteiger partial charge on any atom is 0.258 e. The number of rotatable bonds is 3. The second-order valence-electron chi connectivity index (χ2n) is 4.29. The van der Waals surface area contributed by atoms with Gasteiger partial charge in [-0.1, -0.05) is 11.2 Å². The van der Waals surface area contributed by atoms with Crippen molar-refractivity contribution >= 4 is 5.69 Å². The lowest BCUT2D eigenvalue weighted by Gasteiger charge is -1.99. The number of aromatic nitrogens is 3. The van der Waals surface area contributed by atoms with Crippen molar-refractivity contribution < 1.29 is 9.63 Å². The molecule has 100 valence electrons. The molecular weight excluding hydrogens is 256 g/mol. The van der Waals surface area contributed by atoms with Gasteiger partial charge in [0.05, 0.1) is 12.1 Å². The molecule has 3 N–H and O–H groups in total. The quantitative estimate of drug-likeness (QED) is 0.557. The van der Waals surface area contributed by atoms with Crippen molar-refractivity contribution in [1.82, 2.24) is 15.1 Å². The van der Waals surface area contributed by atoms with E-state index in [1.54, 1.807) is 18.3 Å².